The lowest BCUT2D eigenvalue weighted by molar-refractivity contribution is -0.121. The number of rotatable bonds is 8. The Bertz CT molecular complexity index is 1640. The molecule has 5 nitrogen and oxygen atoms in total. The van der Waals surface area contributed by atoms with E-state index in [9.17, 15) is 10.1 Å². The number of nitriles is 1. The van der Waals surface area contributed by atoms with Gasteiger partial charge in [-0.15, -0.1) is 0 Å². The Labute approximate surface area is 247 Å². The number of aromatic nitrogens is 2. The summed E-state index contributed by atoms with van der Waals surface area (Å²) in [4.78, 5) is 13.3. The summed E-state index contributed by atoms with van der Waals surface area (Å²) >= 11 is 18.8. The minimum Gasteiger partial charge on any atom is -0.350 e. The number of halogens is 3. The molecule has 5 aromatic rings. The number of amides is 1. The zero-order valence-electron chi connectivity index (χ0n) is 21.2. The van der Waals surface area contributed by atoms with Crippen molar-refractivity contribution >= 4 is 40.7 Å². The Kier molecular flexibility index (Phi) is 8.52. The van der Waals surface area contributed by atoms with E-state index in [0.29, 0.717) is 37.7 Å². The number of carbonyl (C=O) groups is 1. The third-order valence-electron chi connectivity index (χ3n) is 6.57. The van der Waals surface area contributed by atoms with Crippen LogP contribution in [0.4, 0.5) is 0 Å². The summed E-state index contributed by atoms with van der Waals surface area (Å²) in [5.74, 6) is -0.276. The predicted octanol–water partition coefficient (Wildman–Crippen LogP) is 8.21. The Hall–Kier alpha value is -4.08. The van der Waals surface area contributed by atoms with Gasteiger partial charge in [0.2, 0.25) is 5.91 Å². The van der Waals surface area contributed by atoms with Gasteiger partial charge < -0.3 is 5.32 Å². The standard InChI is InChI=1S/C32H23Cl3N4O/c33-24-13-11-23(12-14-24)32-27(19-36)29(38-39(32)30-16-15-25(34)17-28(30)35)20-37-31(40)18-26(21-7-3-1-4-8-21)22-9-5-2-6-10-22/h1-17,26H,18,20H2,(H,37,40). The smallest absolute Gasteiger partial charge is 0.221 e. The largest absolute Gasteiger partial charge is 0.350 e. The minimum absolute atomic E-state index is 0.0663. The highest BCUT2D eigenvalue weighted by Gasteiger charge is 2.23. The minimum atomic E-state index is -0.159. The maximum atomic E-state index is 13.3. The maximum absolute atomic E-state index is 13.3. The molecule has 198 valence electrons. The number of hydrogen-bond acceptors (Lipinski definition) is 3. The molecule has 1 heterocycles. The van der Waals surface area contributed by atoms with Crippen LogP contribution in [-0.4, -0.2) is 15.7 Å². The first-order valence-electron chi connectivity index (χ1n) is 12.5. The summed E-state index contributed by atoms with van der Waals surface area (Å²) in [6.07, 6.45) is 0.240. The van der Waals surface area contributed by atoms with Gasteiger partial charge in [-0.3, -0.25) is 4.79 Å². The summed E-state index contributed by atoms with van der Waals surface area (Å²) in [6, 6.07) is 34.3. The van der Waals surface area contributed by atoms with Crippen molar-refractivity contribution in [2.24, 2.45) is 0 Å². The molecule has 1 N–H and O–H groups in total. The van der Waals surface area contributed by atoms with Gasteiger partial charge in [0.1, 0.15) is 17.3 Å². The van der Waals surface area contributed by atoms with Gasteiger partial charge in [-0.1, -0.05) is 108 Å². The highest BCUT2D eigenvalue weighted by atomic mass is 35.5. The molecular weight excluding hydrogens is 563 g/mol. The average Bonchev–Trinajstić information content (AvgIpc) is 3.34. The van der Waals surface area contributed by atoms with E-state index >= 15 is 0 Å². The molecule has 0 unspecified atom stereocenters. The molecule has 0 atom stereocenters. The molecule has 0 spiro atoms. The third kappa shape index (κ3) is 6.05. The van der Waals surface area contributed by atoms with Crippen LogP contribution in [0.25, 0.3) is 16.9 Å². The first kappa shape index (κ1) is 27.5. The monoisotopic (exact) mass is 584 g/mol. The molecule has 1 aromatic heterocycles. The van der Waals surface area contributed by atoms with Crippen LogP contribution >= 0.6 is 34.8 Å². The number of benzene rings is 4. The molecule has 0 saturated carbocycles. The Morgan fingerprint density at radius 1 is 0.850 bits per heavy atom. The van der Waals surface area contributed by atoms with E-state index in [2.05, 4.69) is 11.4 Å². The Balaban J connectivity index is 1.47. The SMILES string of the molecule is N#Cc1c(CNC(=O)CC(c2ccccc2)c2ccccc2)nn(-c2ccc(Cl)cc2Cl)c1-c1ccc(Cl)cc1. The first-order chi connectivity index (χ1) is 19.4. The second-order valence-corrected chi connectivity index (χ2v) is 10.4. The second-order valence-electron chi connectivity index (χ2n) is 9.15. The van der Waals surface area contributed by atoms with E-state index in [1.54, 1.807) is 35.0 Å². The molecule has 0 aliphatic rings. The Morgan fingerprint density at radius 3 is 2.02 bits per heavy atom. The number of nitrogens with one attached hydrogen (secondary N) is 1. The highest BCUT2D eigenvalue weighted by molar-refractivity contribution is 6.35. The topological polar surface area (TPSA) is 70.7 Å². The van der Waals surface area contributed by atoms with Crippen molar-refractivity contribution in [1.82, 2.24) is 15.1 Å². The number of carbonyl (C=O) groups excluding carboxylic acids is 1. The molecule has 40 heavy (non-hydrogen) atoms. The molecule has 0 aliphatic carbocycles. The zero-order valence-corrected chi connectivity index (χ0v) is 23.5. The summed E-state index contributed by atoms with van der Waals surface area (Å²) in [5, 5.41) is 19.3. The summed E-state index contributed by atoms with van der Waals surface area (Å²) in [5.41, 5.74) is 4.67. The lowest BCUT2D eigenvalue weighted by atomic mass is 9.88. The van der Waals surface area contributed by atoms with Crippen LogP contribution in [0, 0.1) is 11.3 Å². The zero-order chi connectivity index (χ0) is 28.1. The molecule has 8 heteroatoms. The van der Waals surface area contributed by atoms with E-state index < -0.39 is 0 Å². The maximum Gasteiger partial charge on any atom is 0.221 e. The quantitative estimate of drug-likeness (QED) is 0.199. The van der Waals surface area contributed by atoms with Crippen LogP contribution < -0.4 is 5.32 Å². The third-order valence-corrected chi connectivity index (χ3v) is 7.36. The van der Waals surface area contributed by atoms with Gasteiger partial charge in [0.15, 0.2) is 0 Å². The van der Waals surface area contributed by atoms with Crippen LogP contribution in [0.5, 0.6) is 0 Å². The lowest BCUT2D eigenvalue weighted by Gasteiger charge is -2.17. The highest BCUT2D eigenvalue weighted by Crippen LogP contribution is 2.33. The first-order valence-corrected chi connectivity index (χ1v) is 13.7. The average molecular weight is 586 g/mol. The number of nitrogens with zero attached hydrogens (tertiary/aromatic N) is 3. The molecule has 4 aromatic carbocycles. The normalized spacial score (nSPS) is 10.9. The van der Waals surface area contributed by atoms with Crippen molar-refractivity contribution in [1.29, 1.82) is 5.26 Å². The van der Waals surface area contributed by atoms with Gasteiger partial charge in [0.25, 0.3) is 0 Å². The Morgan fingerprint density at radius 2 is 1.45 bits per heavy atom. The molecule has 5 rings (SSSR count). The lowest BCUT2D eigenvalue weighted by Crippen LogP contribution is -2.25. The van der Waals surface area contributed by atoms with Gasteiger partial charge in [-0.25, -0.2) is 4.68 Å². The van der Waals surface area contributed by atoms with Crippen molar-refractivity contribution in [3.63, 3.8) is 0 Å². The van der Waals surface area contributed by atoms with E-state index in [4.69, 9.17) is 39.9 Å². The van der Waals surface area contributed by atoms with Crippen LogP contribution in [0.3, 0.4) is 0 Å². The van der Waals surface area contributed by atoms with Crippen LogP contribution in [0.2, 0.25) is 15.1 Å². The van der Waals surface area contributed by atoms with Gasteiger partial charge in [0.05, 0.1) is 22.9 Å². The summed E-state index contributed by atoms with van der Waals surface area (Å²) in [6.45, 7) is 0.0663. The van der Waals surface area contributed by atoms with E-state index in [1.807, 2.05) is 72.8 Å². The fraction of sp³-hybridized carbons (Fsp3) is 0.0938. The molecule has 0 fully saturated rings. The van der Waals surface area contributed by atoms with Crippen molar-refractivity contribution in [2.75, 3.05) is 0 Å². The van der Waals surface area contributed by atoms with Crippen LogP contribution in [0.15, 0.2) is 103 Å². The number of hydrogen-bond donors (Lipinski definition) is 1. The molecule has 0 radical (unpaired) electrons. The molecule has 1 amide bonds. The fourth-order valence-corrected chi connectivity index (χ4v) is 5.26. The van der Waals surface area contributed by atoms with Crippen LogP contribution in [0.1, 0.15) is 34.7 Å². The fourth-order valence-electron chi connectivity index (χ4n) is 4.64. The van der Waals surface area contributed by atoms with Gasteiger partial charge >= 0.3 is 0 Å². The van der Waals surface area contributed by atoms with Crippen LogP contribution in [-0.2, 0) is 11.3 Å². The second kappa shape index (κ2) is 12.4. The van der Waals surface area contributed by atoms with Crippen molar-refractivity contribution in [3.8, 4) is 23.0 Å². The van der Waals surface area contributed by atoms with Crippen molar-refractivity contribution in [3.05, 3.63) is 141 Å². The molecule has 0 aliphatic heterocycles. The van der Waals surface area contributed by atoms with Gasteiger partial charge in [-0.2, -0.15) is 10.4 Å². The van der Waals surface area contributed by atoms with E-state index in [1.165, 1.54) is 0 Å². The van der Waals surface area contributed by atoms with E-state index in [0.717, 1.165) is 16.7 Å². The van der Waals surface area contributed by atoms with Gasteiger partial charge in [-0.05, 0) is 41.5 Å². The molecule has 0 saturated heterocycles. The van der Waals surface area contributed by atoms with Gasteiger partial charge in [0, 0.05) is 27.9 Å². The van der Waals surface area contributed by atoms with E-state index in [-0.39, 0.29) is 24.8 Å². The molecular formula is C32H23Cl3N4O. The summed E-state index contributed by atoms with van der Waals surface area (Å²) in [7, 11) is 0. The van der Waals surface area contributed by atoms with Crippen molar-refractivity contribution < 1.29 is 4.79 Å². The van der Waals surface area contributed by atoms with Crippen molar-refractivity contribution in [2.45, 2.75) is 18.9 Å². The summed E-state index contributed by atoms with van der Waals surface area (Å²) < 4.78 is 1.61. The molecule has 0 bridgehead atoms. The predicted molar refractivity (Wildman–Crippen MR) is 160 cm³/mol.